The van der Waals surface area contributed by atoms with Crippen molar-refractivity contribution in [2.24, 2.45) is 5.41 Å². The Morgan fingerprint density at radius 2 is 2.09 bits per heavy atom. The molecule has 2 aliphatic rings. The fourth-order valence-electron chi connectivity index (χ4n) is 2.73. The number of carbonyl (C=O) groups excluding carboxylic acids is 2. The van der Waals surface area contributed by atoms with Gasteiger partial charge in [-0.2, -0.15) is 0 Å². The van der Waals surface area contributed by atoms with Gasteiger partial charge in [0.2, 0.25) is 15.9 Å². The van der Waals surface area contributed by atoms with Gasteiger partial charge in [-0.25, -0.2) is 8.42 Å². The highest BCUT2D eigenvalue weighted by Gasteiger charge is 2.53. The molecule has 2 heterocycles. The molecule has 0 unspecified atom stereocenters. The molecule has 0 aromatic rings. The Kier molecular flexibility index (Phi) is 4.56. The fraction of sp³-hybridized carbons (Fsp3) is 0.857. The maximum absolute atomic E-state index is 12.3. The predicted octanol–water partition coefficient (Wildman–Crippen LogP) is 1.32. The molecule has 0 aromatic carbocycles. The number of rotatable bonds is 4. The first-order valence-electron chi connectivity index (χ1n) is 7.44. The Balaban J connectivity index is 2.02. The first-order valence-corrected chi connectivity index (χ1v) is 10.1. The second kappa shape index (κ2) is 5.70. The van der Waals surface area contributed by atoms with E-state index in [1.807, 2.05) is 27.7 Å². The standard InChI is InChI=1S/C14H24N2O4S2/c1-13(2,3)7-8-22(19,20)15-12(18)10-9-21-14(4)6-5-11(17)16(10)14/h10H,5-9H2,1-4H3,(H,15,18)/t10-,14+/m0/s1. The zero-order valence-electron chi connectivity index (χ0n) is 13.5. The second-order valence-electron chi connectivity index (χ2n) is 7.36. The summed E-state index contributed by atoms with van der Waals surface area (Å²) >= 11 is 1.55. The van der Waals surface area contributed by atoms with E-state index < -0.39 is 22.0 Å². The Bertz CT molecular complexity index is 582. The van der Waals surface area contributed by atoms with Gasteiger partial charge in [-0.3, -0.25) is 14.3 Å². The van der Waals surface area contributed by atoms with E-state index in [4.69, 9.17) is 0 Å². The minimum Gasteiger partial charge on any atom is -0.315 e. The van der Waals surface area contributed by atoms with Crippen molar-refractivity contribution < 1.29 is 18.0 Å². The molecule has 0 aliphatic carbocycles. The Hall–Kier alpha value is -0.760. The number of nitrogens with zero attached hydrogens (tertiary/aromatic N) is 1. The van der Waals surface area contributed by atoms with Gasteiger partial charge >= 0.3 is 0 Å². The number of hydrogen-bond acceptors (Lipinski definition) is 5. The van der Waals surface area contributed by atoms with Crippen molar-refractivity contribution in [2.75, 3.05) is 11.5 Å². The zero-order chi connectivity index (χ0) is 16.8. The number of amides is 2. The summed E-state index contributed by atoms with van der Waals surface area (Å²) in [7, 11) is -3.66. The largest absolute Gasteiger partial charge is 0.315 e. The van der Waals surface area contributed by atoms with Gasteiger partial charge in [-0.15, -0.1) is 11.8 Å². The van der Waals surface area contributed by atoms with E-state index in [-0.39, 0.29) is 21.9 Å². The summed E-state index contributed by atoms with van der Waals surface area (Å²) in [6.07, 6.45) is 1.59. The van der Waals surface area contributed by atoms with Crippen LogP contribution in [0.2, 0.25) is 0 Å². The van der Waals surface area contributed by atoms with Crippen molar-refractivity contribution in [3.63, 3.8) is 0 Å². The highest BCUT2D eigenvalue weighted by atomic mass is 32.2. The average molecular weight is 348 g/mol. The van der Waals surface area contributed by atoms with E-state index in [9.17, 15) is 18.0 Å². The second-order valence-corrected chi connectivity index (χ2v) is 10.7. The lowest BCUT2D eigenvalue weighted by Gasteiger charge is -2.29. The van der Waals surface area contributed by atoms with Crippen molar-refractivity contribution in [2.45, 2.75) is 57.9 Å². The summed E-state index contributed by atoms with van der Waals surface area (Å²) in [5, 5.41) is 0. The van der Waals surface area contributed by atoms with Crippen LogP contribution in [0.4, 0.5) is 0 Å². The first kappa shape index (κ1) is 17.6. The summed E-state index contributed by atoms with van der Waals surface area (Å²) in [5.74, 6) is -0.295. The van der Waals surface area contributed by atoms with E-state index in [2.05, 4.69) is 4.72 Å². The molecule has 2 aliphatic heterocycles. The summed E-state index contributed by atoms with van der Waals surface area (Å²) in [6.45, 7) is 7.79. The van der Waals surface area contributed by atoms with E-state index in [1.165, 1.54) is 0 Å². The summed E-state index contributed by atoms with van der Waals surface area (Å²) in [5.41, 5.74) is -0.121. The molecule has 0 aromatic heterocycles. The number of thioether (sulfide) groups is 1. The molecule has 2 saturated heterocycles. The van der Waals surface area contributed by atoms with Gasteiger partial charge in [-0.05, 0) is 25.2 Å². The zero-order valence-corrected chi connectivity index (χ0v) is 15.1. The van der Waals surface area contributed by atoms with E-state index in [1.54, 1.807) is 16.7 Å². The Morgan fingerprint density at radius 3 is 2.68 bits per heavy atom. The number of hydrogen-bond donors (Lipinski definition) is 1. The molecule has 1 N–H and O–H groups in total. The molecular formula is C14H24N2O4S2. The molecule has 0 bridgehead atoms. The highest BCUT2D eigenvalue weighted by molar-refractivity contribution is 8.01. The minimum absolute atomic E-state index is 0.0697. The van der Waals surface area contributed by atoms with Gasteiger partial charge in [0, 0.05) is 12.2 Å². The van der Waals surface area contributed by atoms with Gasteiger partial charge in [0.1, 0.15) is 6.04 Å². The van der Waals surface area contributed by atoms with Crippen LogP contribution in [0.25, 0.3) is 0 Å². The molecule has 8 heteroatoms. The fourth-order valence-corrected chi connectivity index (χ4v) is 5.59. The quantitative estimate of drug-likeness (QED) is 0.828. The SMILES string of the molecule is CC(C)(C)CCS(=O)(=O)NC(=O)[C@@H]1CS[C@]2(C)CCC(=O)N12. The van der Waals surface area contributed by atoms with Crippen LogP contribution in [-0.4, -0.2) is 47.6 Å². The smallest absolute Gasteiger partial charge is 0.257 e. The van der Waals surface area contributed by atoms with Gasteiger partial charge in [-0.1, -0.05) is 20.8 Å². The Labute approximate surface area is 136 Å². The lowest BCUT2D eigenvalue weighted by Crippen LogP contribution is -2.51. The van der Waals surface area contributed by atoms with Crippen LogP contribution in [0.15, 0.2) is 0 Å². The maximum atomic E-state index is 12.3. The van der Waals surface area contributed by atoms with Crippen LogP contribution in [0.3, 0.4) is 0 Å². The van der Waals surface area contributed by atoms with Crippen LogP contribution in [0, 0.1) is 5.41 Å². The molecular weight excluding hydrogens is 324 g/mol. The molecule has 0 saturated carbocycles. The molecule has 126 valence electrons. The van der Waals surface area contributed by atoms with Crippen LogP contribution in [-0.2, 0) is 19.6 Å². The molecule has 2 amide bonds. The van der Waals surface area contributed by atoms with Crippen LogP contribution < -0.4 is 4.72 Å². The van der Waals surface area contributed by atoms with Crippen molar-refractivity contribution in [3.05, 3.63) is 0 Å². The minimum atomic E-state index is -3.66. The van der Waals surface area contributed by atoms with Gasteiger partial charge in [0.05, 0.1) is 10.6 Å². The van der Waals surface area contributed by atoms with Crippen LogP contribution >= 0.6 is 11.8 Å². The monoisotopic (exact) mass is 348 g/mol. The lowest BCUT2D eigenvalue weighted by molar-refractivity contribution is -0.137. The molecule has 2 atom stereocenters. The number of nitrogens with one attached hydrogen (secondary N) is 1. The van der Waals surface area contributed by atoms with Crippen molar-refractivity contribution >= 4 is 33.6 Å². The predicted molar refractivity (Wildman–Crippen MR) is 86.7 cm³/mol. The molecule has 6 nitrogen and oxygen atoms in total. The normalized spacial score (nSPS) is 28.8. The number of sulfonamides is 1. The topological polar surface area (TPSA) is 83.5 Å². The maximum Gasteiger partial charge on any atom is 0.257 e. The van der Waals surface area contributed by atoms with Gasteiger partial charge < -0.3 is 4.90 Å². The highest BCUT2D eigenvalue weighted by Crippen LogP contribution is 2.47. The summed E-state index contributed by atoms with van der Waals surface area (Å²) < 4.78 is 26.3. The molecule has 22 heavy (non-hydrogen) atoms. The van der Waals surface area contributed by atoms with Crippen LogP contribution in [0.1, 0.15) is 47.0 Å². The van der Waals surface area contributed by atoms with Crippen LogP contribution in [0.5, 0.6) is 0 Å². The van der Waals surface area contributed by atoms with E-state index in [0.717, 1.165) is 0 Å². The first-order chi connectivity index (χ1) is 9.94. The van der Waals surface area contributed by atoms with Crippen molar-refractivity contribution in [1.29, 1.82) is 0 Å². The number of carbonyl (C=O) groups is 2. The van der Waals surface area contributed by atoms with Gasteiger partial charge in [0.25, 0.3) is 5.91 Å². The van der Waals surface area contributed by atoms with Crippen molar-refractivity contribution in [1.82, 2.24) is 9.62 Å². The van der Waals surface area contributed by atoms with Gasteiger partial charge in [0.15, 0.2) is 0 Å². The van der Waals surface area contributed by atoms with Crippen molar-refractivity contribution in [3.8, 4) is 0 Å². The summed E-state index contributed by atoms with van der Waals surface area (Å²) in [4.78, 5) is 25.5. The molecule has 2 fully saturated rings. The van der Waals surface area contributed by atoms with E-state index >= 15 is 0 Å². The average Bonchev–Trinajstić information content (AvgIpc) is 2.84. The molecule has 0 spiro atoms. The lowest BCUT2D eigenvalue weighted by atomic mass is 9.94. The summed E-state index contributed by atoms with van der Waals surface area (Å²) in [6, 6.07) is -0.686. The Morgan fingerprint density at radius 1 is 1.45 bits per heavy atom. The number of fused-ring (bicyclic) bond motifs is 1. The molecule has 0 radical (unpaired) electrons. The van der Waals surface area contributed by atoms with E-state index in [0.29, 0.717) is 25.0 Å². The third-order valence-corrected chi connectivity index (χ3v) is 6.88. The third kappa shape index (κ3) is 3.76. The third-order valence-electron chi connectivity index (χ3n) is 4.12. The molecule has 2 rings (SSSR count).